The summed E-state index contributed by atoms with van der Waals surface area (Å²) in [6, 6.07) is 0. The van der Waals surface area contributed by atoms with Crippen LogP contribution < -0.4 is 0 Å². The van der Waals surface area contributed by atoms with E-state index in [1.165, 1.54) is 0 Å². The van der Waals surface area contributed by atoms with Crippen molar-refractivity contribution in [1.82, 2.24) is 9.97 Å². The third-order valence-electron chi connectivity index (χ3n) is 1.57. The Labute approximate surface area is 66.1 Å². The zero-order valence-electron chi connectivity index (χ0n) is 6.78. The van der Waals surface area contributed by atoms with Crippen molar-refractivity contribution in [3.63, 3.8) is 0 Å². The summed E-state index contributed by atoms with van der Waals surface area (Å²) in [5.41, 5.74) is 0.790. The van der Waals surface area contributed by atoms with Gasteiger partial charge < -0.3 is 5.11 Å². The lowest BCUT2D eigenvalue weighted by Gasteiger charge is -2.05. The van der Waals surface area contributed by atoms with E-state index in [4.69, 9.17) is 0 Å². The molecule has 1 aromatic rings. The first kappa shape index (κ1) is 8.14. The van der Waals surface area contributed by atoms with Gasteiger partial charge in [-0.3, -0.25) is 0 Å². The minimum atomic E-state index is -0.421. The van der Waals surface area contributed by atoms with Gasteiger partial charge in [-0.15, -0.1) is 0 Å². The molecule has 0 aliphatic heterocycles. The van der Waals surface area contributed by atoms with Gasteiger partial charge >= 0.3 is 0 Å². The molecule has 1 atom stereocenters. The number of aliphatic hydroxyl groups is 1. The molecule has 0 amide bonds. The molecule has 60 valence electrons. The molecule has 0 saturated heterocycles. The van der Waals surface area contributed by atoms with E-state index >= 15 is 0 Å². The van der Waals surface area contributed by atoms with Crippen LogP contribution in [0.4, 0.5) is 0 Å². The largest absolute Gasteiger partial charge is 0.388 e. The van der Waals surface area contributed by atoms with E-state index in [-0.39, 0.29) is 0 Å². The fraction of sp³-hybridized carbons (Fsp3) is 0.500. The first-order valence-corrected chi connectivity index (χ1v) is 3.70. The van der Waals surface area contributed by atoms with Gasteiger partial charge in [0.25, 0.3) is 0 Å². The van der Waals surface area contributed by atoms with Crippen molar-refractivity contribution in [2.24, 2.45) is 0 Å². The highest BCUT2D eigenvalue weighted by atomic mass is 16.3. The topological polar surface area (TPSA) is 46.0 Å². The van der Waals surface area contributed by atoms with Crippen LogP contribution in [0.5, 0.6) is 0 Å². The summed E-state index contributed by atoms with van der Waals surface area (Å²) in [4.78, 5) is 7.95. The molecule has 0 bridgehead atoms. The Hall–Kier alpha value is -0.960. The summed E-state index contributed by atoms with van der Waals surface area (Å²) in [5, 5.41) is 9.34. The van der Waals surface area contributed by atoms with Crippen molar-refractivity contribution in [3.05, 3.63) is 23.8 Å². The molecule has 0 aromatic carbocycles. The highest BCUT2D eigenvalue weighted by Gasteiger charge is 2.03. The molecule has 0 spiro atoms. The summed E-state index contributed by atoms with van der Waals surface area (Å²) in [6.07, 6.45) is 3.61. The van der Waals surface area contributed by atoms with E-state index in [1.807, 2.05) is 13.8 Å². The van der Waals surface area contributed by atoms with E-state index in [1.54, 1.807) is 12.4 Å². The Morgan fingerprint density at radius 3 is 2.45 bits per heavy atom. The Bertz CT molecular complexity index is 220. The van der Waals surface area contributed by atoms with Gasteiger partial charge in [-0.1, -0.05) is 6.92 Å². The number of hydrogen-bond donors (Lipinski definition) is 1. The summed E-state index contributed by atoms with van der Waals surface area (Å²) in [6.45, 7) is 3.74. The molecule has 11 heavy (non-hydrogen) atoms. The molecule has 0 fully saturated rings. The van der Waals surface area contributed by atoms with Gasteiger partial charge in [-0.2, -0.15) is 0 Å². The zero-order valence-corrected chi connectivity index (χ0v) is 6.78. The third kappa shape index (κ3) is 1.98. The van der Waals surface area contributed by atoms with E-state index in [0.29, 0.717) is 6.42 Å². The quantitative estimate of drug-likeness (QED) is 0.693. The molecule has 1 aromatic heterocycles. The second kappa shape index (κ2) is 3.44. The fourth-order valence-electron chi connectivity index (χ4n) is 0.810. The lowest BCUT2D eigenvalue weighted by molar-refractivity contribution is 0.173. The Morgan fingerprint density at radius 2 is 2.00 bits per heavy atom. The minimum absolute atomic E-state index is 0.421. The second-order valence-corrected chi connectivity index (χ2v) is 2.49. The van der Waals surface area contributed by atoms with Crippen LogP contribution in [0.15, 0.2) is 12.4 Å². The maximum Gasteiger partial charge on any atom is 0.125 e. The summed E-state index contributed by atoms with van der Waals surface area (Å²) < 4.78 is 0. The van der Waals surface area contributed by atoms with Crippen molar-refractivity contribution in [2.45, 2.75) is 26.4 Å². The van der Waals surface area contributed by atoms with Crippen LogP contribution in [0, 0.1) is 6.92 Å². The van der Waals surface area contributed by atoms with Crippen molar-refractivity contribution in [1.29, 1.82) is 0 Å². The highest BCUT2D eigenvalue weighted by molar-refractivity contribution is 5.07. The van der Waals surface area contributed by atoms with Gasteiger partial charge in [0, 0.05) is 18.0 Å². The summed E-state index contributed by atoms with van der Waals surface area (Å²) in [7, 11) is 0. The van der Waals surface area contributed by atoms with Gasteiger partial charge in [-0.05, 0) is 13.3 Å². The number of hydrogen-bond acceptors (Lipinski definition) is 3. The molecule has 0 saturated carbocycles. The van der Waals surface area contributed by atoms with E-state index in [9.17, 15) is 5.11 Å². The van der Waals surface area contributed by atoms with Crippen molar-refractivity contribution in [2.75, 3.05) is 0 Å². The average molecular weight is 152 g/mol. The van der Waals surface area contributed by atoms with Gasteiger partial charge in [0.15, 0.2) is 0 Å². The van der Waals surface area contributed by atoms with E-state index in [2.05, 4.69) is 9.97 Å². The van der Waals surface area contributed by atoms with E-state index < -0.39 is 6.10 Å². The van der Waals surface area contributed by atoms with Crippen LogP contribution in [-0.4, -0.2) is 15.1 Å². The molecule has 1 unspecified atom stereocenters. The van der Waals surface area contributed by atoms with Gasteiger partial charge in [-0.25, -0.2) is 9.97 Å². The van der Waals surface area contributed by atoms with Crippen LogP contribution in [-0.2, 0) is 0 Å². The van der Waals surface area contributed by atoms with Gasteiger partial charge in [0.05, 0.1) is 6.10 Å². The molecular formula is C8H12N2O. The highest BCUT2D eigenvalue weighted by Crippen LogP contribution is 2.12. The second-order valence-electron chi connectivity index (χ2n) is 2.49. The number of aliphatic hydroxyl groups excluding tert-OH is 1. The monoisotopic (exact) mass is 152 g/mol. The number of rotatable bonds is 2. The lowest BCUT2D eigenvalue weighted by atomic mass is 10.1. The van der Waals surface area contributed by atoms with Crippen LogP contribution >= 0.6 is 0 Å². The number of aryl methyl sites for hydroxylation is 1. The van der Waals surface area contributed by atoms with Crippen LogP contribution in [0.2, 0.25) is 0 Å². The van der Waals surface area contributed by atoms with Crippen LogP contribution in [0.25, 0.3) is 0 Å². The van der Waals surface area contributed by atoms with Crippen LogP contribution in [0.3, 0.4) is 0 Å². The van der Waals surface area contributed by atoms with Gasteiger partial charge in [0.2, 0.25) is 0 Å². The first-order chi connectivity index (χ1) is 5.24. The SMILES string of the molecule is CCC(O)c1cnc(C)nc1. The molecule has 3 heteroatoms. The average Bonchev–Trinajstić information content (AvgIpc) is 2.05. The fourth-order valence-corrected chi connectivity index (χ4v) is 0.810. The van der Waals surface area contributed by atoms with Crippen molar-refractivity contribution < 1.29 is 5.11 Å². The summed E-state index contributed by atoms with van der Waals surface area (Å²) in [5.74, 6) is 0.733. The molecule has 1 N–H and O–H groups in total. The van der Waals surface area contributed by atoms with E-state index in [0.717, 1.165) is 11.4 Å². The third-order valence-corrected chi connectivity index (χ3v) is 1.57. The van der Waals surface area contributed by atoms with Gasteiger partial charge in [0.1, 0.15) is 5.82 Å². The predicted molar refractivity (Wildman–Crippen MR) is 42.0 cm³/mol. The van der Waals surface area contributed by atoms with Crippen molar-refractivity contribution >= 4 is 0 Å². The number of nitrogens with zero attached hydrogens (tertiary/aromatic N) is 2. The smallest absolute Gasteiger partial charge is 0.125 e. The molecule has 0 aliphatic carbocycles. The molecule has 3 nitrogen and oxygen atoms in total. The molecular weight excluding hydrogens is 140 g/mol. The minimum Gasteiger partial charge on any atom is -0.388 e. The predicted octanol–water partition coefficient (Wildman–Crippen LogP) is 1.23. The Balaban J connectivity index is 2.81. The zero-order chi connectivity index (χ0) is 8.27. The van der Waals surface area contributed by atoms with Crippen molar-refractivity contribution in [3.8, 4) is 0 Å². The molecule has 0 aliphatic rings. The number of aromatic nitrogens is 2. The maximum atomic E-state index is 9.34. The van der Waals surface area contributed by atoms with Crippen LogP contribution in [0.1, 0.15) is 30.8 Å². The Morgan fingerprint density at radius 1 is 1.45 bits per heavy atom. The lowest BCUT2D eigenvalue weighted by Crippen LogP contribution is -1.98. The first-order valence-electron chi connectivity index (χ1n) is 3.70. The normalized spacial score (nSPS) is 13.0. The molecule has 1 rings (SSSR count). The molecule has 0 radical (unpaired) electrons. The Kier molecular flexibility index (Phi) is 2.54. The standard InChI is InChI=1S/C8H12N2O/c1-3-8(11)7-4-9-6(2)10-5-7/h4-5,8,11H,3H2,1-2H3. The molecule has 1 heterocycles. The maximum absolute atomic E-state index is 9.34. The summed E-state index contributed by atoms with van der Waals surface area (Å²) >= 11 is 0.